The topological polar surface area (TPSA) is 29.0 Å². The quantitative estimate of drug-likeness (QED) is 0.175. The molecule has 1 aromatic heterocycles. The van der Waals surface area contributed by atoms with Gasteiger partial charge in [-0.05, 0) is 86.0 Å². The highest BCUT2D eigenvalue weighted by Crippen LogP contribution is 2.44. The van der Waals surface area contributed by atoms with E-state index in [4.69, 9.17) is 0 Å². The van der Waals surface area contributed by atoms with Gasteiger partial charge in [-0.15, -0.1) is 0 Å². The molecule has 0 bridgehead atoms. The molecule has 3 heteroatoms. The lowest BCUT2D eigenvalue weighted by Crippen LogP contribution is -2.50. The molecule has 0 saturated carbocycles. The van der Waals surface area contributed by atoms with E-state index in [2.05, 4.69) is 246 Å². The predicted octanol–water partition coefficient (Wildman–Crippen LogP) is 12.8. The number of hydrogen-bond acceptors (Lipinski definition) is 2. The zero-order chi connectivity index (χ0) is 42.8. The summed E-state index contributed by atoms with van der Waals surface area (Å²) in [5.74, 6) is 1.14. The van der Waals surface area contributed by atoms with Crippen LogP contribution < -0.4 is 21.2 Å². The predicted molar refractivity (Wildman–Crippen MR) is 271 cm³/mol. The first-order valence-electron chi connectivity index (χ1n) is 23.4. The molecule has 1 aliphatic heterocycles. The van der Waals surface area contributed by atoms with Crippen LogP contribution in [-0.2, 0) is 0 Å². The SMILES string of the molecule is C1=CCC(c2cc3c(c4c(n3C3=CC5=CC=CC(C6Nc7ccccc7C(c7ccc(-c8ccccc8)cc7)N6)C5C=C3)=CC(c3ccccc3)C3C=CC=CC=43)c3ccccc23)C=C1. The van der Waals surface area contributed by atoms with Crippen LogP contribution in [0.3, 0.4) is 0 Å². The Kier molecular flexibility index (Phi) is 9.16. The molecule has 0 radical (unpaired) electrons. The summed E-state index contributed by atoms with van der Waals surface area (Å²) in [6.07, 6.45) is 36.4. The van der Waals surface area contributed by atoms with Crippen molar-refractivity contribution in [2.75, 3.05) is 5.32 Å². The van der Waals surface area contributed by atoms with Crippen molar-refractivity contribution in [2.24, 2.45) is 17.8 Å². The maximum Gasteiger partial charge on any atom is 0.0848 e. The van der Waals surface area contributed by atoms with Crippen molar-refractivity contribution in [1.29, 1.82) is 0 Å². The second-order valence-corrected chi connectivity index (χ2v) is 18.4. The fraction of sp³-hybridized carbons (Fsp3) is 0.129. The van der Waals surface area contributed by atoms with Crippen molar-refractivity contribution in [1.82, 2.24) is 9.88 Å². The molecule has 3 nitrogen and oxygen atoms in total. The number of para-hydroxylation sites is 1. The van der Waals surface area contributed by atoms with E-state index in [0.29, 0.717) is 5.92 Å². The maximum absolute atomic E-state index is 4.11. The highest BCUT2D eigenvalue weighted by molar-refractivity contribution is 6.11. The van der Waals surface area contributed by atoms with Crippen molar-refractivity contribution in [3.05, 3.63) is 263 Å². The van der Waals surface area contributed by atoms with Crippen LogP contribution in [0.1, 0.15) is 46.6 Å². The lowest BCUT2D eigenvalue weighted by Gasteiger charge is -2.42. The summed E-state index contributed by atoms with van der Waals surface area (Å²) in [6, 6.07) is 51.4. The number of nitrogens with zero attached hydrogens (tertiary/aromatic N) is 1. The first kappa shape index (κ1) is 38.0. The van der Waals surface area contributed by atoms with Gasteiger partial charge < -0.3 is 9.88 Å². The van der Waals surface area contributed by atoms with Crippen molar-refractivity contribution in [3.63, 3.8) is 0 Å². The average Bonchev–Trinajstić information content (AvgIpc) is 3.73. The number of benzene rings is 6. The third-order valence-corrected chi connectivity index (χ3v) is 14.8. The van der Waals surface area contributed by atoms with Crippen LogP contribution in [0.25, 0.3) is 50.1 Å². The van der Waals surface area contributed by atoms with Gasteiger partial charge in [0.15, 0.2) is 0 Å². The summed E-state index contributed by atoms with van der Waals surface area (Å²) in [7, 11) is 0. The van der Waals surface area contributed by atoms with Crippen LogP contribution in [-0.4, -0.2) is 10.7 Å². The third-order valence-electron chi connectivity index (χ3n) is 14.8. The fourth-order valence-corrected chi connectivity index (χ4v) is 11.8. The lowest BCUT2D eigenvalue weighted by molar-refractivity contribution is 0.362. The van der Waals surface area contributed by atoms with E-state index >= 15 is 0 Å². The molecule has 0 saturated heterocycles. The van der Waals surface area contributed by atoms with E-state index in [9.17, 15) is 0 Å². The number of fused-ring (bicyclic) bond motifs is 8. The molecule has 0 spiro atoms. The van der Waals surface area contributed by atoms with Crippen LogP contribution in [0.2, 0.25) is 0 Å². The number of nitrogens with one attached hydrogen (secondary N) is 2. The Morgan fingerprint density at radius 1 is 0.569 bits per heavy atom. The zero-order valence-electron chi connectivity index (χ0n) is 36.1. The zero-order valence-corrected chi connectivity index (χ0v) is 36.1. The summed E-state index contributed by atoms with van der Waals surface area (Å²) in [5.41, 5.74) is 14.2. The minimum absolute atomic E-state index is 0.0133. The molecular formula is C62H49N3. The van der Waals surface area contributed by atoms with Crippen LogP contribution in [0.5, 0.6) is 0 Å². The average molecular weight is 836 g/mol. The second kappa shape index (κ2) is 15.7. The highest BCUT2D eigenvalue weighted by Gasteiger charge is 2.37. The minimum Gasteiger partial charge on any atom is -0.369 e. The second-order valence-electron chi connectivity index (χ2n) is 18.4. The van der Waals surface area contributed by atoms with Crippen molar-refractivity contribution in [2.45, 2.75) is 30.5 Å². The fourth-order valence-electron chi connectivity index (χ4n) is 11.8. The van der Waals surface area contributed by atoms with Crippen LogP contribution in [0.15, 0.2) is 230 Å². The Hall–Kier alpha value is -7.46. The van der Waals surface area contributed by atoms with Gasteiger partial charge in [-0.3, -0.25) is 5.32 Å². The number of rotatable bonds is 6. The highest BCUT2D eigenvalue weighted by atomic mass is 15.2. The van der Waals surface area contributed by atoms with Crippen molar-refractivity contribution >= 4 is 44.7 Å². The van der Waals surface area contributed by atoms with Gasteiger partial charge in [0.25, 0.3) is 0 Å². The number of hydrogen-bond donors (Lipinski definition) is 2. The van der Waals surface area contributed by atoms with Crippen LogP contribution >= 0.6 is 0 Å². The number of allylic oxidation sites excluding steroid dienone is 15. The van der Waals surface area contributed by atoms with Crippen LogP contribution in [0, 0.1) is 17.8 Å². The Labute approximate surface area is 380 Å². The Balaban J connectivity index is 0.935. The summed E-state index contributed by atoms with van der Waals surface area (Å²) >= 11 is 0. The van der Waals surface area contributed by atoms with Gasteiger partial charge in [-0.1, -0.05) is 206 Å². The Morgan fingerprint density at radius 2 is 1.34 bits per heavy atom. The molecule has 7 unspecified atom stereocenters. The molecule has 2 N–H and O–H groups in total. The van der Waals surface area contributed by atoms with Gasteiger partial charge in [-0.25, -0.2) is 0 Å². The van der Waals surface area contributed by atoms with E-state index in [1.165, 1.54) is 88.2 Å². The van der Waals surface area contributed by atoms with Gasteiger partial charge in [0.1, 0.15) is 0 Å². The summed E-state index contributed by atoms with van der Waals surface area (Å²) < 4.78 is 2.61. The molecule has 6 aliphatic rings. The molecule has 2 heterocycles. The van der Waals surface area contributed by atoms with E-state index < -0.39 is 0 Å². The minimum atomic E-state index is 0.0133. The van der Waals surface area contributed by atoms with E-state index in [-0.39, 0.29) is 35.9 Å². The van der Waals surface area contributed by atoms with Gasteiger partial charge in [-0.2, -0.15) is 0 Å². The smallest absolute Gasteiger partial charge is 0.0848 e. The van der Waals surface area contributed by atoms with E-state index in [0.717, 1.165) is 6.42 Å². The molecule has 7 atom stereocenters. The Morgan fingerprint density at radius 3 is 2.18 bits per heavy atom. The number of aromatic nitrogens is 1. The molecule has 0 fully saturated rings. The summed E-state index contributed by atoms with van der Waals surface area (Å²) in [6.45, 7) is 0. The van der Waals surface area contributed by atoms with Gasteiger partial charge >= 0.3 is 0 Å². The molecule has 13 rings (SSSR count). The molecule has 0 amide bonds. The summed E-state index contributed by atoms with van der Waals surface area (Å²) in [5, 5.41) is 14.7. The first-order valence-corrected chi connectivity index (χ1v) is 23.4. The van der Waals surface area contributed by atoms with Gasteiger partial charge in [0.2, 0.25) is 0 Å². The Bertz CT molecular complexity index is 3420. The molecule has 5 aliphatic carbocycles. The molecule has 65 heavy (non-hydrogen) atoms. The largest absolute Gasteiger partial charge is 0.369 e. The van der Waals surface area contributed by atoms with Gasteiger partial charge in [0.05, 0.1) is 23.1 Å². The molecular weight excluding hydrogens is 787 g/mol. The van der Waals surface area contributed by atoms with Crippen molar-refractivity contribution in [3.8, 4) is 11.1 Å². The van der Waals surface area contributed by atoms with E-state index in [1.54, 1.807) is 0 Å². The standard InChI is InChI=1S/C62H49N3/c1-4-17-40(18-5-1)41-31-33-44(34-32-41)61-53-28-14-15-30-56(53)63-62(64-61)52-29-16-23-45-37-46(35-36-47(45)52)65-57-38-54(42-19-6-2-7-20-42)48-24-10-12-26-50(48)59(57)60-51-27-13-11-25-49(51)55(39-58(60)65)43-21-8-3-9-22-43/h1-21,23-39,43,47-48,52,54,61-64H,22H2. The lowest BCUT2D eigenvalue weighted by atomic mass is 9.75. The maximum atomic E-state index is 4.11. The molecule has 312 valence electrons. The monoisotopic (exact) mass is 835 g/mol. The number of anilines is 1. The normalized spacial score (nSPS) is 24.7. The first-order chi connectivity index (χ1) is 32.2. The van der Waals surface area contributed by atoms with Crippen LogP contribution in [0.4, 0.5) is 5.69 Å². The molecule has 6 aromatic carbocycles. The van der Waals surface area contributed by atoms with Gasteiger partial charge in [0, 0.05) is 51.6 Å². The molecule has 7 aromatic rings. The third kappa shape index (κ3) is 6.37. The summed E-state index contributed by atoms with van der Waals surface area (Å²) in [4.78, 5) is 0. The van der Waals surface area contributed by atoms with E-state index in [1.807, 2.05) is 0 Å². The van der Waals surface area contributed by atoms with Crippen molar-refractivity contribution < 1.29 is 0 Å².